The highest BCUT2D eigenvalue weighted by Gasteiger charge is 2.34. The molecule has 1 N–H and O–H groups in total. The molecule has 4 rings (SSSR count). The molecule has 0 fully saturated rings. The second kappa shape index (κ2) is 11.7. The minimum atomic E-state index is -4.49. The molecule has 0 saturated heterocycles. The summed E-state index contributed by atoms with van der Waals surface area (Å²) in [7, 11) is 1.53. The van der Waals surface area contributed by atoms with E-state index >= 15 is 0 Å². The molecule has 35 heavy (non-hydrogen) atoms. The fourth-order valence-electron chi connectivity index (χ4n) is 3.15. The van der Waals surface area contributed by atoms with Crippen molar-refractivity contribution in [2.75, 3.05) is 5.32 Å². The molecule has 0 amide bonds. The Morgan fingerprint density at radius 2 is 1.66 bits per heavy atom. The molecule has 0 saturated carbocycles. The zero-order valence-corrected chi connectivity index (χ0v) is 20.2. The van der Waals surface area contributed by atoms with Crippen molar-refractivity contribution in [2.24, 2.45) is 7.05 Å². The van der Waals surface area contributed by atoms with Crippen molar-refractivity contribution in [3.8, 4) is 17.1 Å². The largest absolute Gasteiger partial charge is 0.483 e. The molecule has 4 aromatic rings. The lowest BCUT2D eigenvalue weighted by Gasteiger charge is -2.12. The number of hydrogen-bond donors (Lipinski definition) is 1. The molecule has 0 radical (unpaired) electrons. The Morgan fingerprint density at radius 3 is 2.29 bits per heavy atom. The Labute approximate surface area is 206 Å². The topological polar surface area (TPSA) is 64.9 Å². The van der Waals surface area contributed by atoms with Crippen molar-refractivity contribution < 1.29 is 17.9 Å². The predicted molar refractivity (Wildman–Crippen MR) is 130 cm³/mol. The van der Waals surface area contributed by atoms with E-state index in [2.05, 4.69) is 20.3 Å². The fourth-order valence-corrected chi connectivity index (χ4v) is 3.28. The number of alkyl halides is 3. The summed E-state index contributed by atoms with van der Waals surface area (Å²) in [6.45, 7) is 4.74. The maximum atomic E-state index is 12.9. The predicted octanol–water partition coefficient (Wildman–Crippen LogP) is 6.77. The number of halogens is 4. The molecule has 10 heteroatoms. The monoisotopic (exact) mass is 503 g/mol. The molecule has 0 unspecified atom stereocenters. The Balaban J connectivity index is 0.00000167. The van der Waals surface area contributed by atoms with Gasteiger partial charge in [-0.1, -0.05) is 68.4 Å². The van der Waals surface area contributed by atoms with Crippen LogP contribution < -0.4 is 10.1 Å². The number of imidazole rings is 1. The van der Waals surface area contributed by atoms with E-state index < -0.39 is 11.9 Å². The molecule has 2 aromatic carbocycles. The highest BCUT2D eigenvalue weighted by molar-refractivity contribution is 6.28. The summed E-state index contributed by atoms with van der Waals surface area (Å²) < 4.78 is 46.0. The third-order valence-corrected chi connectivity index (χ3v) is 4.98. The van der Waals surface area contributed by atoms with Gasteiger partial charge in [-0.2, -0.15) is 18.2 Å². The van der Waals surface area contributed by atoms with Gasteiger partial charge in [-0.05, 0) is 22.7 Å². The zero-order chi connectivity index (χ0) is 25.4. The molecule has 0 aliphatic heterocycles. The number of ether oxygens (including phenoxy) is 1. The van der Waals surface area contributed by atoms with Gasteiger partial charge in [0.1, 0.15) is 12.4 Å². The summed E-state index contributed by atoms with van der Waals surface area (Å²) in [6, 6.07) is 16.7. The second-order valence-corrected chi connectivity index (χ2v) is 7.57. The van der Waals surface area contributed by atoms with Crippen molar-refractivity contribution in [3.05, 3.63) is 89.1 Å². The summed E-state index contributed by atoms with van der Waals surface area (Å²) in [5.74, 6) is 1.13. The van der Waals surface area contributed by atoms with Crippen LogP contribution in [0.15, 0.2) is 67.0 Å². The molecule has 0 spiro atoms. The molecular formula is C25H25ClF3N5O. The molecule has 0 aliphatic carbocycles. The SMILES string of the molecule is CC.Cn1cc(C(F)(F)F)nc1-c1ccc(CNc2nc(Cl)ncc2OCc2ccccc2)cc1. The van der Waals surface area contributed by atoms with E-state index in [9.17, 15) is 13.2 Å². The molecule has 0 aliphatic rings. The standard InChI is InChI=1S/C23H19ClF3N5O.C2H6/c1-32-13-19(23(25,26)27)30-21(32)17-9-7-15(8-10-17)11-28-20-18(12-29-22(24)31-20)33-14-16-5-3-2-4-6-16;1-2/h2-10,12-13H,11,14H2,1H3,(H,28,29,31);1-2H3. The van der Waals surface area contributed by atoms with Crippen molar-refractivity contribution in [3.63, 3.8) is 0 Å². The van der Waals surface area contributed by atoms with E-state index in [1.807, 2.05) is 44.2 Å². The Kier molecular flexibility index (Phi) is 8.70. The van der Waals surface area contributed by atoms with Crippen LogP contribution in [-0.2, 0) is 26.4 Å². The highest BCUT2D eigenvalue weighted by atomic mass is 35.5. The molecule has 0 atom stereocenters. The van der Waals surface area contributed by atoms with E-state index in [1.165, 1.54) is 17.8 Å². The third-order valence-electron chi connectivity index (χ3n) is 4.80. The number of nitrogens with zero attached hydrogens (tertiary/aromatic N) is 4. The van der Waals surface area contributed by atoms with Crippen LogP contribution in [0.3, 0.4) is 0 Å². The number of rotatable bonds is 7. The van der Waals surface area contributed by atoms with Crippen molar-refractivity contribution >= 4 is 17.4 Å². The molecule has 184 valence electrons. The lowest BCUT2D eigenvalue weighted by molar-refractivity contribution is -0.140. The van der Waals surface area contributed by atoms with Gasteiger partial charge < -0.3 is 14.6 Å². The van der Waals surface area contributed by atoms with Crippen molar-refractivity contribution in [2.45, 2.75) is 33.2 Å². The second-order valence-electron chi connectivity index (χ2n) is 7.24. The first-order valence-corrected chi connectivity index (χ1v) is 11.3. The van der Waals surface area contributed by atoms with Crippen molar-refractivity contribution in [1.82, 2.24) is 19.5 Å². The van der Waals surface area contributed by atoms with Gasteiger partial charge in [0.15, 0.2) is 17.3 Å². The Bertz CT molecular complexity index is 1230. The normalized spacial score (nSPS) is 10.9. The molecule has 2 heterocycles. The van der Waals surface area contributed by atoms with Gasteiger partial charge in [-0.3, -0.25) is 0 Å². The minimum absolute atomic E-state index is 0.0789. The van der Waals surface area contributed by atoms with E-state index in [1.54, 1.807) is 24.3 Å². The van der Waals surface area contributed by atoms with E-state index in [0.717, 1.165) is 17.3 Å². The Hall–Kier alpha value is -3.59. The van der Waals surface area contributed by atoms with E-state index in [4.69, 9.17) is 16.3 Å². The average molecular weight is 504 g/mol. The summed E-state index contributed by atoms with van der Waals surface area (Å²) in [5.41, 5.74) is 1.54. The number of hydrogen-bond acceptors (Lipinski definition) is 5. The lowest BCUT2D eigenvalue weighted by atomic mass is 10.1. The third kappa shape index (κ3) is 6.95. The van der Waals surface area contributed by atoms with E-state index in [0.29, 0.717) is 30.3 Å². The summed E-state index contributed by atoms with van der Waals surface area (Å²) in [6.07, 6.45) is -2.01. The van der Waals surface area contributed by atoms with Crippen molar-refractivity contribution in [1.29, 1.82) is 0 Å². The number of benzene rings is 2. The van der Waals surface area contributed by atoms with Gasteiger partial charge in [0.05, 0.1) is 6.20 Å². The summed E-state index contributed by atoms with van der Waals surface area (Å²) in [5, 5.41) is 3.25. The zero-order valence-electron chi connectivity index (χ0n) is 19.5. The van der Waals surface area contributed by atoms with Gasteiger partial charge in [0, 0.05) is 25.4 Å². The van der Waals surface area contributed by atoms with Crippen LogP contribution in [0.25, 0.3) is 11.4 Å². The van der Waals surface area contributed by atoms with E-state index in [-0.39, 0.29) is 11.1 Å². The quantitative estimate of drug-likeness (QED) is 0.282. The van der Waals surface area contributed by atoms with Crippen LogP contribution in [0.2, 0.25) is 5.28 Å². The number of aryl methyl sites for hydroxylation is 1. The average Bonchev–Trinajstić information content (AvgIpc) is 3.26. The van der Waals surface area contributed by atoms with Crippen LogP contribution in [0.4, 0.5) is 19.0 Å². The maximum absolute atomic E-state index is 12.9. The highest BCUT2D eigenvalue weighted by Crippen LogP contribution is 2.31. The molecular weight excluding hydrogens is 479 g/mol. The summed E-state index contributed by atoms with van der Waals surface area (Å²) in [4.78, 5) is 11.9. The van der Waals surface area contributed by atoms with Gasteiger partial charge >= 0.3 is 6.18 Å². The minimum Gasteiger partial charge on any atom is -0.483 e. The first-order valence-electron chi connectivity index (χ1n) is 10.9. The number of aromatic nitrogens is 4. The molecule has 0 bridgehead atoms. The summed E-state index contributed by atoms with van der Waals surface area (Å²) >= 11 is 5.95. The first-order chi connectivity index (χ1) is 16.8. The van der Waals surface area contributed by atoms with Gasteiger partial charge in [0.2, 0.25) is 5.28 Å². The molecule has 6 nitrogen and oxygen atoms in total. The van der Waals surface area contributed by atoms with Crippen LogP contribution in [-0.4, -0.2) is 19.5 Å². The van der Waals surface area contributed by atoms with Gasteiger partial charge in [0.25, 0.3) is 0 Å². The molecule has 2 aromatic heterocycles. The number of nitrogens with one attached hydrogen (secondary N) is 1. The van der Waals surface area contributed by atoms with Gasteiger partial charge in [-0.25, -0.2) is 9.97 Å². The van der Waals surface area contributed by atoms with Crippen LogP contribution >= 0.6 is 11.6 Å². The van der Waals surface area contributed by atoms with Crippen LogP contribution in [0.1, 0.15) is 30.7 Å². The Morgan fingerprint density at radius 1 is 0.971 bits per heavy atom. The fraction of sp³-hybridized carbons (Fsp3) is 0.240. The van der Waals surface area contributed by atoms with Gasteiger partial charge in [-0.15, -0.1) is 0 Å². The lowest BCUT2D eigenvalue weighted by Crippen LogP contribution is -2.06. The smallest absolute Gasteiger partial charge is 0.434 e. The first kappa shape index (κ1) is 26.0. The van der Waals surface area contributed by atoms with Crippen LogP contribution in [0, 0.1) is 0 Å². The maximum Gasteiger partial charge on any atom is 0.434 e. The number of anilines is 1. The van der Waals surface area contributed by atoms with Crippen LogP contribution in [0.5, 0.6) is 5.75 Å².